The first-order valence-corrected chi connectivity index (χ1v) is 15.5. The average Bonchev–Trinajstić information content (AvgIpc) is 3.69. The van der Waals surface area contributed by atoms with Crippen LogP contribution in [0.4, 0.5) is 10.6 Å². The number of ether oxygens (including phenoxy) is 3. The molecule has 2 fully saturated rings. The van der Waals surface area contributed by atoms with E-state index in [1.54, 1.807) is 31.4 Å². The van der Waals surface area contributed by atoms with Crippen molar-refractivity contribution < 1.29 is 34.0 Å². The number of nitrogens with one attached hydrogen (secondary N) is 2. The predicted molar refractivity (Wildman–Crippen MR) is 172 cm³/mol. The van der Waals surface area contributed by atoms with Crippen molar-refractivity contribution in [3.63, 3.8) is 0 Å². The maximum atomic E-state index is 12.9. The predicted octanol–water partition coefficient (Wildman–Crippen LogP) is 4.19. The van der Waals surface area contributed by atoms with E-state index < -0.39 is 29.8 Å². The van der Waals surface area contributed by atoms with Crippen LogP contribution in [0.25, 0.3) is 17.2 Å². The monoisotopic (exact) mass is 642 g/mol. The van der Waals surface area contributed by atoms with Gasteiger partial charge in [0.15, 0.2) is 22.8 Å². The summed E-state index contributed by atoms with van der Waals surface area (Å²) < 4.78 is 19.5. The zero-order valence-electron chi connectivity index (χ0n) is 26.4. The van der Waals surface area contributed by atoms with Crippen LogP contribution in [-0.4, -0.2) is 65.8 Å². The molecule has 6 rings (SSSR count). The molecule has 0 spiro atoms. The highest BCUT2D eigenvalue weighted by molar-refractivity contribution is 5.93. The molecule has 4 atom stereocenters. The van der Waals surface area contributed by atoms with Crippen molar-refractivity contribution in [3.05, 3.63) is 84.5 Å². The van der Waals surface area contributed by atoms with Crippen LogP contribution >= 0.6 is 0 Å². The largest absolute Gasteiger partial charge is 0.488 e. The van der Waals surface area contributed by atoms with Crippen molar-refractivity contribution >= 4 is 35.1 Å². The molecule has 3 heterocycles. The first kappa shape index (κ1) is 32.1. The molecule has 1 saturated carbocycles. The third-order valence-corrected chi connectivity index (χ3v) is 8.13. The summed E-state index contributed by atoms with van der Waals surface area (Å²) in [6.45, 7) is 5.82. The smallest absolute Gasteiger partial charge is 0.413 e. The van der Waals surface area contributed by atoms with Crippen molar-refractivity contribution in [2.75, 3.05) is 11.9 Å². The summed E-state index contributed by atoms with van der Waals surface area (Å²) in [5.74, 6) is -1.94. The summed E-state index contributed by atoms with van der Waals surface area (Å²) in [7, 11) is 0. The molecule has 1 saturated heterocycles. The Kier molecular flexibility index (Phi) is 8.95. The summed E-state index contributed by atoms with van der Waals surface area (Å²) in [4.78, 5) is 38.3. The maximum absolute atomic E-state index is 12.9. The maximum Gasteiger partial charge on any atom is 0.413 e. The topological polar surface area (TPSA) is 170 Å². The minimum Gasteiger partial charge on any atom is -0.488 e. The van der Waals surface area contributed by atoms with E-state index in [-0.39, 0.29) is 42.9 Å². The third-order valence-electron chi connectivity index (χ3n) is 8.13. The zero-order valence-corrected chi connectivity index (χ0v) is 26.4. The molecule has 246 valence electrons. The van der Waals surface area contributed by atoms with Crippen LogP contribution in [0.3, 0.4) is 0 Å². The summed E-state index contributed by atoms with van der Waals surface area (Å²) >= 11 is 0. The van der Waals surface area contributed by atoms with E-state index in [0.29, 0.717) is 23.5 Å². The number of anilines is 1. The van der Waals surface area contributed by atoms with Crippen molar-refractivity contribution in [3.8, 4) is 5.75 Å². The summed E-state index contributed by atoms with van der Waals surface area (Å²) in [6, 6.07) is 17.3. The fourth-order valence-corrected chi connectivity index (χ4v) is 6.15. The number of aliphatic hydroxyl groups is 2. The van der Waals surface area contributed by atoms with E-state index >= 15 is 0 Å². The Bertz CT molecular complexity index is 1770. The number of rotatable bonds is 9. The summed E-state index contributed by atoms with van der Waals surface area (Å²) in [5, 5.41) is 26.7. The summed E-state index contributed by atoms with van der Waals surface area (Å²) in [6.07, 6.45) is 4.26. The van der Waals surface area contributed by atoms with Crippen LogP contribution in [0.1, 0.15) is 51.0 Å². The Morgan fingerprint density at radius 1 is 1.04 bits per heavy atom. The van der Waals surface area contributed by atoms with E-state index in [1.165, 1.54) is 18.7 Å². The van der Waals surface area contributed by atoms with Crippen molar-refractivity contribution in [2.24, 2.45) is 11.8 Å². The lowest BCUT2D eigenvalue weighted by molar-refractivity contribution is -0.170. The first-order chi connectivity index (χ1) is 22.5. The fourth-order valence-electron chi connectivity index (χ4n) is 6.15. The molecular formula is C34H38N6O7. The highest BCUT2D eigenvalue weighted by atomic mass is 16.6. The Hall–Kier alpha value is -4.85. The Morgan fingerprint density at radius 3 is 2.57 bits per heavy atom. The van der Waals surface area contributed by atoms with Gasteiger partial charge in [0.25, 0.3) is 0 Å². The lowest BCUT2D eigenvalue weighted by atomic mass is 9.92. The van der Waals surface area contributed by atoms with Gasteiger partial charge in [-0.2, -0.15) is 0 Å². The Balaban J connectivity index is 1.13. The number of fused-ring (bicyclic) bond motifs is 2. The molecule has 2 aliphatic rings. The number of benzene rings is 2. The molecule has 0 radical (unpaired) electrons. The van der Waals surface area contributed by atoms with E-state index in [2.05, 4.69) is 25.6 Å². The van der Waals surface area contributed by atoms with Crippen LogP contribution in [0.2, 0.25) is 0 Å². The van der Waals surface area contributed by atoms with Gasteiger partial charge in [-0.15, -0.1) is 0 Å². The third kappa shape index (κ3) is 7.59. The fraction of sp³-hybridized carbons (Fsp3) is 0.382. The SMILES string of the molecule is CC(C)(C)OC(=O)Nc1ncnc2c1ncn2[C@@H]1O[C@H](CNC(=O)/C=C/c2ccccc2OCc2ccccc2)[C@@H]2CC(O)(O)CC21. The van der Waals surface area contributed by atoms with Crippen LogP contribution < -0.4 is 15.4 Å². The lowest BCUT2D eigenvalue weighted by Gasteiger charge is -2.23. The molecule has 1 aliphatic carbocycles. The molecule has 13 heteroatoms. The standard InChI is InChI=1S/C34H38N6O7/c1-33(2,3)47-32(42)39-29-28-30(37-19-36-29)40(20-38-28)31-24-16-34(43,44)15-23(24)26(46-31)17-35-27(41)14-13-22-11-7-8-12-25(22)45-18-21-9-5-4-6-10-21/h4-14,19-20,23-24,26,31,43-44H,15-18H2,1-3H3,(H,35,41)(H,36,37,39,42)/b14-13+/t23-,24?,26-,31-/m1/s1. The number of hydrogen-bond acceptors (Lipinski definition) is 10. The van der Waals surface area contributed by atoms with E-state index in [9.17, 15) is 19.8 Å². The zero-order chi connectivity index (χ0) is 33.2. The molecular weight excluding hydrogens is 604 g/mol. The van der Waals surface area contributed by atoms with Crippen LogP contribution in [0.15, 0.2) is 73.3 Å². The number of carbonyl (C=O) groups is 2. The lowest BCUT2D eigenvalue weighted by Crippen LogP contribution is -2.36. The highest BCUT2D eigenvalue weighted by Gasteiger charge is 2.55. The second-order valence-electron chi connectivity index (χ2n) is 12.8. The van der Waals surface area contributed by atoms with Gasteiger partial charge >= 0.3 is 6.09 Å². The van der Waals surface area contributed by atoms with E-state index in [1.807, 2.05) is 54.6 Å². The number of nitrogens with zero attached hydrogens (tertiary/aromatic N) is 4. The molecule has 0 bridgehead atoms. The minimum absolute atomic E-state index is 0.0697. The van der Waals surface area contributed by atoms with Gasteiger partial charge < -0.3 is 29.7 Å². The van der Waals surface area contributed by atoms with Gasteiger partial charge in [-0.3, -0.25) is 14.7 Å². The van der Waals surface area contributed by atoms with Crippen molar-refractivity contribution in [1.82, 2.24) is 24.8 Å². The number of aromatic nitrogens is 4. The number of amides is 2. The number of hydrogen-bond donors (Lipinski definition) is 4. The Morgan fingerprint density at radius 2 is 1.79 bits per heavy atom. The van der Waals surface area contributed by atoms with E-state index in [0.717, 1.165) is 11.1 Å². The van der Waals surface area contributed by atoms with Gasteiger partial charge in [-0.05, 0) is 44.4 Å². The second-order valence-corrected chi connectivity index (χ2v) is 12.8. The van der Waals surface area contributed by atoms with Gasteiger partial charge in [0.2, 0.25) is 5.91 Å². The average molecular weight is 643 g/mol. The number of carbonyl (C=O) groups excluding carboxylic acids is 2. The molecule has 47 heavy (non-hydrogen) atoms. The second kappa shape index (κ2) is 13.1. The molecule has 4 aromatic rings. The highest BCUT2D eigenvalue weighted by Crippen LogP contribution is 2.52. The van der Waals surface area contributed by atoms with Gasteiger partial charge in [-0.1, -0.05) is 48.5 Å². The van der Waals surface area contributed by atoms with Gasteiger partial charge in [0.1, 0.15) is 30.5 Å². The van der Waals surface area contributed by atoms with Crippen LogP contribution in [0.5, 0.6) is 5.75 Å². The molecule has 2 amide bonds. The van der Waals surface area contributed by atoms with Crippen LogP contribution in [0, 0.1) is 11.8 Å². The van der Waals surface area contributed by atoms with Crippen LogP contribution in [-0.2, 0) is 20.9 Å². The van der Waals surface area contributed by atoms with Crippen molar-refractivity contribution in [2.45, 2.75) is 63.9 Å². The van der Waals surface area contributed by atoms with E-state index in [4.69, 9.17) is 14.2 Å². The van der Waals surface area contributed by atoms with Gasteiger partial charge in [0.05, 0.1) is 12.4 Å². The first-order valence-electron chi connectivity index (χ1n) is 15.5. The molecule has 1 unspecified atom stereocenters. The molecule has 1 aliphatic heterocycles. The Labute approximate surface area is 271 Å². The quantitative estimate of drug-likeness (QED) is 0.153. The molecule has 2 aromatic heterocycles. The van der Waals surface area contributed by atoms with Gasteiger partial charge in [0, 0.05) is 36.9 Å². The normalized spacial score (nSPS) is 21.9. The summed E-state index contributed by atoms with van der Waals surface area (Å²) in [5.41, 5.74) is 1.81. The molecule has 2 aromatic carbocycles. The molecule has 4 N–H and O–H groups in total. The number of imidazole rings is 1. The van der Waals surface area contributed by atoms with Crippen molar-refractivity contribution in [1.29, 1.82) is 0 Å². The minimum atomic E-state index is -1.88. The number of para-hydroxylation sites is 1. The van der Waals surface area contributed by atoms with Gasteiger partial charge in [-0.25, -0.2) is 19.7 Å². The molecule has 13 nitrogen and oxygen atoms in total.